The summed E-state index contributed by atoms with van der Waals surface area (Å²) in [4.78, 5) is 39.4. The summed E-state index contributed by atoms with van der Waals surface area (Å²) in [5.41, 5.74) is 2.48. The van der Waals surface area contributed by atoms with Gasteiger partial charge < -0.3 is 20.1 Å². The van der Waals surface area contributed by atoms with Crippen molar-refractivity contribution < 1.29 is 23.9 Å². The summed E-state index contributed by atoms with van der Waals surface area (Å²) in [5, 5.41) is 9.34. The van der Waals surface area contributed by atoms with Gasteiger partial charge in [-0.1, -0.05) is 18.2 Å². The van der Waals surface area contributed by atoms with Crippen LogP contribution in [0.15, 0.2) is 100 Å². The molecule has 39 heavy (non-hydrogen) atoms. The van der Waals surface area contributed by atoms with E-state index in [2.05, 4.69) is 10.6 Å². The third-order valence-corrected chi connectivity index (χ3v) is 7.28. The number of hydrogen-bond donors (Lipinski definition) is 2. The van der Waals surface area contributed by atoms with Gasteiger partial charge in [0, 0.05) is 21.7 Å². The van der Waals surface area contributed by atoms with Gasteiger partial charge in [0.2, 0.25) is 0 Å². The number of thiophene rings is 1. The summed E-state index contributed by atoms with van der Waals surface area (Å²) in [6.45, 7) is 0. The second-order valence-corrected chi connectivity index (χ2v) is 10.0. The zero-order valence-electron chi connectivity index (χ0n) is 21.3. The number of amides is 2. The van der Waals surface area contributed by atoms with Crippen molar-refractivity contribution in [2.24, 2.45) is 0 Å². The van der Waals surface area contributed by atoms with Crippen LogP contribution in [-0.2, 0) is 4.79 Å². The van der Waals surface area contributed by atoms with Crippen molar-refractivity contribution in [2.75, 3.05) is 25.3 Å². The number of ether oxygens (including phenoxy) is 2. The summed E-state index contributed by atoms with van der Waals surface area (Å²) < 4.78 is 10.5. The summed E-state index contributed by atoms with van der Waals surface area (Å²) >= 11 is 2.88. The van der Waals surface area contributed by atoms with Crippen LogP contribution in [0.2, 0.25) is 0 Å². The second kappa shape index (κ2) is 13.5. The molecule has 0 atom stereocenters. The number of ketones is 1. The van der Waals surface area contributed by atoms with E-state index in [0.717, 1.165) is 10.5 Å². The number of thioether (sulfide) groups is 1. The first-order chi connectivity index (χ1) is 19.0. The van der Waals surface area contributed by atoms with Gasteiger partial charge in [-0.05, 0) is 83.1 Å². The largest absolute Gasteiger partial charge is 0.493 e. The predicted octanol–water partition coefficient (Wildman–Crippen LogP) is 6.15. The molecule has 9 heteroatoms. The van der Waals surface area contributed by atoms with Gasteiger partial charge in [0.15, 0.2) is 17.3 Å². The van der Waals surface area contributed by atoms with Crippen LogP contribution in [-0.4, -0.2) is 37.6 Å². The number of rotatable bonds is 11. The van der Waals surface area contributed by atoms with Crippen molar-refractivity contribution in [3.8, 4) is 11.5 Å². The average molecular weight is 559 g/mol. The van der Waals surface area contributed by atoms with Crippen molar-refractivity contribution in [2.45, 2.75) is 4.90 Å². The zero-order valence-corrected chi connectivity index (χ0v) is 22.9. The maximum Gasteiger partial charge on any atom is 0.272 e. The molecule has 2 amide bonds. The summed E-state index contributed by atoms with van der Waals surface area (Å²) in [5.74, 6) is 0.428. The first-order valence-corrected chi connectivity index (χ1v) is 13.8. The molecule has 0 aliphatic carbocycles. The van der Waals surface area contributed by atoms with E-state index >= 15 is 0 Å². The highest BCUT2D eigenvalue weighted by Crippen LogP contribution is 2.29. The average Bonchev–Trinajstić information content (AvgIpc) is 3.49. The quantitative estimate of drug-likeness (QED) is 0.130. The van der Waals surface area contributed by atoms with Gasteiger partial charge in [0.05, 0.1) is 20.0 Å². The third-order valence-electron chi connectivity index (χ3n) is 5.57. The molecule has 2 N–H and O–H groups in total. The molecule has 7 nitrogen and oxygen atoms in total. The molecule has 0 spiro atoms. The first kappa shape index (κ1) is 27.7. The van der Waals surface area contributed by atoms with Crippen molar-refractivity contribution in [3.63, 3.8) is 0 Å². The fraction of sp³-hybridized carbons (Fsp3) is 0.100. The minimum atomic E-state index is -0.450. The molecule has 0 unspecified atom stereocenters. The Balaban J connectivity index is 1.39. The van der Waals surface area contributed by atoms with Crippen molar-refractivity contribution in [1.29, 1.82) is 0 Å². The molecule has 1 heterocycles. The number of hydrogen-bond acceptors (Lipinski definition) is 7. The summed E-state index contributed by atoms with van der Waals surface area (Å²) in [7, 11) is 3.07. The normalized spacial score (nSPS) is 11.0. The highest BCUT2D eigenvalue weighted by atomic mass is 32.2. The predicted molar refractivity (Wildman–Crippen MR) is 156 cm³/mol. The Morgan fingerprint density at radius 1 is 0.872 bits per heavy atom. The Morgan fingerprint density at radius 3 is 2.28 bits per heavy atom. The van der Waals surface area contributed by atoms with Crippen molar-refractivity contribution in [1.82, 2.24) is 5.32 Å². The van der Waals surface area contributed by atoms with E-state index in [9.17, 15) is 14.4 Å². The molecular formula is C30H26N2O5S2. The van der Waals surface area contributed by atoms with Crippen LogP contribution >= 0.6 is 23.1 Å². The fourth-order valence-electron chi connectivity index (χ4n) is 3.54. The molecule has 0 fully saturated rings. The third kappa shape index (κ3) is 7.59. The van der Waals surface area contributed by atoms with Crippen LogP contribution in [0.25, 0.3) is 6.08 Å². The molecule has 0 aliphatic heterocycles. The van der Waals surface area contributed by atoms with Gasteiger partial charge in [0.1, 0.15) is 5.70 Å². The van der Waals surface area contributed by atoms with Gasteiger partial charge in [-0.3, -0.25) is 14.4 Å². The van der Waals surface area contributed by atoms with E-state index in [1.807, 2.05) is 35.0 Å². The van der Waals surface area contributed by atoms with Gasteiger partial charge in [-0.15, -0.1) is 11.8 Å². The van der Waals surface area contributed by atoms with Crippen LogP contribution in [0.3, 0.4) is 0 Å². The summed E-state index contributed by atoms with van der Waals surface area (Å²) in [6.07, 6.45) is 1.64. The summed E-state index contributed by atoms with van der Waals surface area (Å²) in [6, 6.07) is 22.8. The standard InChI is InChI=1S/C30H26N2O5S2/c1-36-27-13-8-22(17-28(27)37-2)26(33)19-39-24-11-9-23(10-12-24)31-30(35)25(16-20-14-15-38-18-20)32-29(34)21-6-4-3-5-7-21/h3-18H,19H2,1-2H3,(H,31,35)(H,32,34)/b25-16-. The van der Waals surface area contributed by atoms with E-state index in [1.165, 1.54) is 30.2 Å². The van der Waals surface area contributed by atoms with Crippen LogP contribution in [0.1, 0.15) is 26.3 Å². The van der Waals surface area contributed by atoms with E-state index < -0.39 is 5.91 Å². The van der Waals surface area contributed by atoms with Crippen LogP contribution in [0.5, 0.6) is 11.5 Å². The van der Waals surface area contributed by atoms with Crippen LogP contribution in [0.4, 0.5) is 5.69 Å². The lowest BCUT2D eigenvalue weighted by Gasteiger charge is -2.12. The lowest BCUT2D eigenvalue weighted by molar-refractivity contribution is -0.113. The molecule has 0 saturated carbocycles. The van der Waals surface area contributed by atoms with E-state index in [1.54, 1.807) is 67.8 Å². The minimum absolute atomic E-state index is 0.0456. The minimum Gasteiger partial charge on any atom is -0.493 e. The van der Waals surface area contributed by atoms with E-state index in [0.29, 0.717) is 28.3 Å². The lowest BCUT2D eigenvalue weighted by Crippen LogP contribution is -2.30. The van der Waals surface area contributed by atoms with E-state index in [-0.39, 0.29) is 23.1 Å². The topological polar surface area (TPSA) is 93.7 Å². The van der Waals surface area contributed by atoms with Gasteiger partial charge in [0.25, 0.3) is 11.8 Å². The van der Waals surface area contributed by atoms with E-state index in [4.69, 9.17) is 9.47 Å². The molecule has 0 saturated heterocycles. The molecule has 3 aromatic carbocycles. The molecule has 1 aromatic heterocycles. The molecule has 4 rings (SSSR count). The maximum atomic E-state index is 13.1. The van der Waals surface area contributed by atoms with Crippen LogP contribution in [0, 0.1) is 0 Å². The number of anilines is 1. The Morgan fingerprint density at radius 2 is 1.62 bits per heavy atom. The van der Waals surface area contributed by atoms with Gasteiger partial charge >= 0.3 is 0 Å². The number of carbonyl (C=O) groups excluding carboxylic acids is 3. The Hall–Kier alpha value is -4.34. The molecule has 0 bridgehead atoms. The number of carbonyl (C=O) groups is 3. The van der Waals surface area contributed by atoms with Crippen molar-refractivity contribution >= 4 is 52.5 Å². The Labute approximate surface area is 234 Å². The van der Waals surface area contributed by atoms with Crippen LogP contribution < -0.4 is 20.1 Å². The highest BCUT2D eigenvalue weighted by Gasteiger charge is 2.16. The fourth-order valence-corrected chi connectivity index (χ4v) is 4.95. The molecule has 0 aliphatic rings. The number of methoxy groups -OCH3 is 2. The highest BCUT2D eigenvalue weighted by molar-refractivity contribution is 8.00. The Bertz CT molecular complexity index is 1470. The molecule has 0 radical (unpaired) electrons. The Kier molecular flexibility index (Phi) is 9.55. The number of Topliss-reactive ketones (excluding diaryl/α,β-unsaturated/α-hetero) is 1. The number of benzene rings is 3. The monoisotopic (exact) mass is 558 g/mol. The molecule has 198 valence electrons. The maximum absolute atomic E-state index is 13.1. The molecule has 4 aromatic rings. The molecular weight excluding hydrogens is 532 g/mol. The van der Waals surface area contributed by atoms with Gasteiger partial charge in [-0.25, -0.2) is 0 Å². The number of nitrogens with one attached hydrogen (secondary N) is 2. The first-order valence-electron chi connectivity index (χ1n) is 11.9. The zero-order chi connectivity index (χ0) is 27.6. The smallest absolute Gasteiger partial charge is 0.272 e. The lowest BCUT2D eigenvalue weighted by atomic mass is 10.1. The van der Waals surface area contributed by atoms with Gasteiger partial charge in [-0.2, -0.15) is 11.3 Å². The van der Waals surface area contributed by atoms with Crippen molar-refractivity contribution in [3.05, 3.63) is 112 Å². The SMILES string of the molecule is COc1ccc(C(=O)CSc2ccc(NC(=O)/C(=C/c3ccsc3)NC(=O)c3ccccc3)cc2)cc1OC. The second-order valence-electron chi connectivity index (χ2n) is 8.19.